The van der Waals surface area contributed by atoms with Gasteiger partial charge in [-0.1, -0.05) is 19.0 Å². The van der Waals surface area contributed by atoms with Gasteiger partial charge < -0.3 is 9.84 Å². The summed E-state index contributed by atoms with van der Waals surface area (Å²) in [6, 6.07) is 3.81. The molecule has 0 aliphatic rings. The molecular weight excluding hydrogens is 280 g/mol. The van der Waals surface area contributed by atoms with E-state index in [9.17, 15) is 0 Å². The highest BCUT2D eigenvalue weighted by molar-refractivity contribution is 5.71. The molecule has 0 aliphatic heterocycles. The van der Waals surface area contributed by atoms with Gasteiger partial charge in [-0.15, -0.1) is 0 Å². The average Bonchev–Trinajstić information content (AvgIpc) is 3.00. The predicted molar refractivity (Wildman–Crippen MR) is 82.5 cm³/mol. The summed E-state index contributed by atoms with van der Waals surface area (Å²) in [6.45, 7) is 4.87. The van der Waals surface area contributed by atoms with Crippen LogP contribution in [0.5, 0.6) is 0 Å². The largest absolute Gasteiger partial charge is 0.370 e. The number of nitrogens with one attached hydrogen (secondary N) is 1. The van der Waals surface area contributed by atoms with Crippen LogP contribution in [0.2, 0.25) is 0 Å². The second-order valence-corrected chi connectivity index (χ2v) is 5.33. The number of hydrogen-bond acceptors (Lipinski definition) is 7. The van der Waals surface area contributed by atoms with Crippen LogP contribution in [0.25, 0.3) is 11.2 Å². The minimum absolute atomic E-state index is 0.290. The second-order valence-electron chi connectivity index (χ2n) is 5.33. The fourth-order valence-electron chi connectivity index (χ4n) is 2.01. The van der Waals surface area contributed by atoms with Crippen molar-refractivity contribution in [3.05, 3.63) is 36.2 Å². The van der Waals surface area contributed by atoms with E-state index in [0.717, 1.165) is 36.5 Å². The van der Waals surface area contributed by atoms with Crippen LogP contribution in [0, 0.1) is 0 Å². The molecule has 0 saturated heterocycles. The van der Waals surface area contributed by atoms with E-state index in [4.69, 9.17) is 4.52 Å². The van der Waals surface area contributed by atoms with Gasteiger partial charge in [0.05, 0.1) is 0 Å². The lowest BCUT2D eigenvalue weighted by Crippen LogP contribution is -2.05. The lowest BCUT2D eigenvalue weighted by Gasteiger charge is -2.04. The molecule has 0 aliphatic carbocycles. The van der Waals surface area contributed by atoms with Gasteiger partial charge in [0.2, 0.25) is 5.89 Å². The average molecular weight is 298 g/mol. The van der Waals surface area contributed by atoms with Crippen molar-refractivity contribution >= 4 is 17.0 Å². The summed E-state index contributed by atoms with van der Waals surface area (Å²) in [5.74, 6) is 2.53. The molecule has 0 saturated carbocycles. The van der Waals surface area contributed by atoms with E-state index >= 15 is 0 Å². The number of aromatic nitrogens is 5. The Hall–Kier alpha value is -2.57. The molecule has 0 amide bonds. The maximum atomic E-state index is 5.21. The van der Waals surface area contributed by atoms with E-state index in [1.54, 1.807) is 12.4 Å². The molecule has 0 radical (unpaired) electrons. The zero-order valence-corrected chi connectivity index (χ0v) is 12.7. The van der Waals surface area contributed by atoms with Crippen molar-refractivity contribution in [3.63, 3.8) is 0 Å². The van der Waals surface area contributed by atoms with Crippen molar-refractivity contribution in [1.29, 1.82) is 0 Å². The minimum Gasteiger partial charge on any atom is -0.370 e. The third kappa shape index (κ3) is 3.36. The molecule has 22 heavy (non-hydrogen) atoms. The van der Waals surface area contributed by atoms with E-state index in [-0.39, 0.29) is 0 Å². The molecule has 0 atom stereocenters. The number of fused-ring (bicyclic) bond motifs is 1. The first-order chi connectivity index (χ1) is 10.7. The van der Waals surface area contributed by atoms with Crippen molar-refractivity contribution in [2.24, 2.45) is 0 Å². The zero-order valence-electron chi connectivity index (χ0n) is 12.7. The predicted octanol–water partition coefficient (Wildman–Crippen LogP) is 2.58. The summed E-state index contributed by atoms with van der Waals surface area (Å²) < 4.78 is 5.21. The molecule has 3 heterocycles. The van der Waals surface area contributed by atoms with Crippen LogP contribution in [0.3, 0.4) is 0 Å². The summed E-state index contributed by atoms with van der Waals surface area (Å²) in [4.78, 5) is 17.2. The fraction of sp³-hybridized carbons (Fsp3) is 0.400. The molecule has 7 nitrogen and oxygen atoms in total. The number of hydrogen-bond donors (Lipinski definition) is 1. The number of aryl methyl sites for hydroxylation is 1. The van der Waals surface area contributed by atoms with Gasteiger partial charge >= 0.3 is 0 Å². The number of nitrogens with zero attached hydrogens (tertiary/aromatic N) is 5. The Morgan fingerprint density at radius 2 is 2.00 bits per heavy atom. The van der Waals surface area contributed by atoms with Crippen LogP contribution in [-0.4, -0.2) is 31.6 Å². The highest BCUT2D eigenvalue weighted by Crippen LogP contribution is 2.12. The molecule has 7 heteroatoms. The van der Waals surface area contributed by atoms with Crippen LogP contribution in [0.1, 0.15) is 37.9 Å². The lowest BCUT2D eigenvalue weighted by molar-refractivity contribution is 0.369. The Balaban J connectivity index is 1.51. The van der Waals surface area contributed by atoms with E-state index < -0.39 is 0 Å². The Morgan fingerprint density at radius 3 is 2.82 bits per heavy atom. The lowest BCUT2D eigenvalue weighted by atomic mass is 10.2. The monoisotopic (exact) mass is 298 g/mol. The molecule has 114 valence electrons. The maximum absolute atomic E-state index is 5.21. The van der Waals surface area contributed by atoms with Crippen molar-refractivity contribution in [2.75, 3.05) is 11.9 Å². The zero-order chi connectivity index (χ0) is 15.4. The van der Waals surface area contributed by atoms with Gasteiger partial charge in [0.1, 0.15) is 11.3 Å². The van der Waals surface area contributed by atoms with Crippen molar-refractivity contribution in [3.8, 4) is 0 Å². The van der Waals surface area contributed by atoms with Gasteiger partial charge in [0.15, 0.2) is 11.5 Å². The second kappa shape index (κ2) is 6.46. The first-order valence-electron chi connectivity index (χ1n) is 7.36. The van der Waals surface area contributed by atoms with Crippen LogP contribution < -0.4 is 5.32 Å². The molecule has 0 bridgehead atoms. The van der Waals surface area contributed by atoms with Gasteiger partial charge in [-0.3, -0.25) is 4.98 Å². The maximum Gasteiger partial charge on any atom is 0.226 e. The third-order valence-corrected chi connectivity index (χ3v) is 3.21. The Labute approximate surface area is 128 Å². The van der Waals surface area contributed by atoms with Crippen LogP contribution in [-0.2, 0) is 6.42 Å². The van der Waals surface area contributed by atoms with Crippen molar-refractivity contribution in [1.82, 2.24) is 25.1 Å². The quantitative estimate of drug-likeness (QED) is 0.699. The number of pyridine rings is 1. The van der Waals surface area contributed by atoms with Gasteiger partial charge in [-0.05, 0) is 18.6 Å². The fourth-order valence-corrected chi connectivity index (χ4v) is 2.01. The highest BCUT2D eigenvalue weighted by atomic mass is 16.5. The Morgan fingerprint density at radius 1 is 1.14 bits per heavy atom. The molecule has 3 aromatic rings. The molecule has 0 fully saturated rings. The van der Waals surface area contributed by atoms with Gasteiger partial charge in [0.25, 0.3) is 0 Å². The standard InChI is InChI=1S/C15H18N6O/c1-10(2)14-20-13(22-21-14)4-3-7-17-12-6-5-11-15(19-12)18-9-8-16-11/h5-6,8-10H,3-4,7H2,1-2H3,(H,17,18,19). The van der Waals surface area contributed by atoms with Crippen LogP contribution in [0.15, 0.2) is 29.0 Å². The Kier molecular flexibility index (Phi) is 4.22. The third-order valence-electron chi connectivity index (χ3n) is 3.21. The molecule has 0 unspecified atom stereocenters. The summed E-state index contributed by atoms with van der Waals surface area (Å²) in [5, 5.41) is 7.22. The summed E-state index contributed by atoms with van der Waals surface area (Å²) >= 11 is 0. The highest BCUT2D eigenvalue weighted by Gasteiger charge is 2.09. The van der Waals surface area contributed by atoms with Gasteiger partial charge in [-0.2, -0.15) is 4.98 Å². The van der Waals surface area contributed by atoms with Gasteiger partial charge in [0, 0.05) is 31.3 Å². The smallest absolute Gasteiger partial charge is 0.226 e. The summed E-state index contributed by atoms with van der Waals surface area (Å²) in [7, 11) is 0. The van der Waals surface area contributed by atoms with E-state index in [1.165, 1.54) is 0 Å². The summed E-state index contributed by atoms with van der Waals surface area (Å²) in [5.41, 5.74) is 1.44. The normalized spacial score (nSPS) is 11.2. The molecule has 0 aromatic carbocycles. The van der Waals surface area contributed by atoms with E-state index in [2.05, 4.69) is 30.4 Å². The molecule has 1 N–H and O–H groups in total. The van der Waals surface area contributed by atoms with Crippen LogP contribution in [0.4, 0.5) is 5.82 Å². The molecular formula is C15H18N6O. The first kappa shape index (κ1) is 14.4. The van der Waals surface area contributed by atoms with Gasteiger partial charge in [-0.25, -0.2) is 9.97 Å². The number of anilines is 1. The first-order valence-corrected chi connectivity index (χ1v) is 7.36. The molecule has 0 spiro atoms. The Bertz CT molecular complexity index is 754. The van der Waals surface area contributed by atoms with Crippen molar-refractivity contribution in [2.45, 2.75) is 32.6 Å². The number of rotatable bonds is 6. The van der Waals surface area contributed by atoms with E-state index in [1.807, 2.05) is 26.0 Å². The van der Waals surface area contributed by atoms with E-state index in [0.29, 0.717) is 17.5 Å². The topological polar surface area (TPSA) is 89.6 Å². The molecule has 3 aromatic heterocycles. The molecule has 3 rings (SSSR count). The summed E-state index contributed by atoms with van der Waals surface area (Å²) in [6.07, 6.45) is 4.94. The SMILES string of the molecule is CC(C)c1noc(CCCNc2ccc3nccnc3n2)n1. The van der Waals surface area contributed by atoms with Crippen molar-refractivity contribution < 1.29 is 4.52 Å². The van der Waals surface area contributed by atoms with Crippen LogP contribution >= 0.6 is 0 Å². The minimum atomic E-state index is 0.290.